The number of hydrogen-bond acceptors (Lipinski definition) is 17. The van der Waals surface area contributed by atoms with Crippen LogP contribution >= 0.6 is 0 Å². The monoisotopic (exact) mass is 1280 g/mol. The number of aliphatic carboxylic acids is 1. The van der Waals surface area contributed by atoms with Crippen molar-refractivity contribution < 1.29 is 83.3 Å². The smallest absolute Gasteiger partial charge is 0.326 e. The first-order chi connectivity index (χ1) is 42.4. The first-order valence-electron chi connectivity index (χ1n) is 32.4. The molecule has 0 fully saturated rings. The molecule has 1 aromatic rings. The zero-order valence-electron chi connectivity index (χ0n) is 53.5. The summed E-state index contributed by atoms with van der Waals surface area (Å²) < 4.78 is 52.1. The van der Waals surface area contributed by atoms with Crippen molar-refractivity contribution in [1.82, 2.24) is 16.0 Å². The van der Waals surface area contributed by atoms with Crippen molar-refractivity contribution >= 4 is 62.8 Å². The van der Waals surface area contributed by atoms with Crippen molar-refractivity contribution in [2.24, 2.45) is 35.1 Å². The lowest BCUT2D eigenvalue weighted by Crippen LogP contribution is -2.37. The molecule has 0 saturated heterocycles. The van der Waals surface area contributed by atoms with E-state index in [1.54, 1.807) is 12.1 Å². The number of ether oxygens (including phenoxy) is 4. The van der Waals surface area contributed by atoms with Gasteiger partial charge in [0, 0.05) is 90.9 Å². The highest BCUT2D eigenvalue weighted by Gasteiger charge is 2.31. The summed E-state index contributed by atoms with van der Waals surface area (Å²) in [4.78, 5) is 102. The summed E-state index contributed by atoms with van der Waals surface area (Å²) in [5.74, 6) is -5.15. The average Bonchev–Trinajstić information content (AvgIpc) is 3.61. The number of allylic oxidation sites excluding steroid dienone is 1. The number of unbranched alkanes of at least 4 members (excludes halogenated alkanes) is 14. The Morgan fingerprint density at radius 1 is 0.562 bits per heavy atom. The van der Waals surface area contributed by atoms with Gasteiger partial charge in [0.25, 0.3) is 10.1 Å². The van der Waals surface area contributed by atoms with E-state index in [-0.39, 0.29) is 159 Å². The number of hydrogen-bond donors (Lipinski definition) is 9. The van der Waals surface area contributed by atoms with Crippen LogP contribution in [0.3, 0.4) is 0 Å². The van der Waals surface area contributed by atoms with Crippen LogP contribution < -0.4 is 27.4 Å². The molecule has 0 radical (unpaired) electrons. The first kappa shape index (κ1) is 81.4. The molecule has 0 aliphatic heterocycles. The van der Waals surface area contributed by atoms with Crippen LogP contribution in [0, 0.1) is 29.1 Å². The molecule has 0 saturated carbocycles. The molecule has 0 heterocycles. The minimum Gasteiger partial charge on any atom is -0.508 e. The SMILES string of the molecule is C=C(CCCCCCCCCCCCCCCS(=O)(=O)O)N[C@@H](CCC(=O)NCCOCCOCC(=O)CCCOCCOCC(=O)NCCCC[C@H](CC(=O)CC(C)C)C(=O)C[C@@H](CCCCC(=N)N)C(=O)C[C@@H](Cc1ccc(O)cc1)C(N)=O)C(=O)O.[HH].[HH]. The van der Waals surface area contributed by atoms with Crippen molar-refractivity contribution in [1.29, 1.82) is 5.41 Å². The van der Waals surface area contributed by atoms with Gasteiger partial charge in [-0.2, -0.15) is 8.42 Å². The van der Waals surface area contributed by atoms with E-state index >= 15 is 0 Å². The molecule has 0 aliphatic carbocycles. The molecule has 4 atom stereocenters. The number of Topliss-reactive ketones (excluding diaryl/α,β-unsaturated/α-hetero) is 4. The zero-order chi connectivity index (χ0) is 66.1. The van der Waals surface area contributed by atoms with Crippen molar-refractivity contribution in [3.63, 3.8) is 0 Å². The largest absolute Gasteiger partial charge is 0.508 e. The minimum absolute atomic E-state index is 0. The van der Waals surface area contributed by atoms with Crippen LogP contribution in [0.25, 0.3) is 0 Å². The Labute approximate surface area is 532 Å². The maximum Gasteiger partial charge on any atom is 0.326 e. The van der Waals surface area contributed by atoms with Crippen molar-refractivity contribution in [3.8, 4) is 5.75 Å². The van der Waals surface area contributed by atoms with E-state index in [2.05, 4.69) is 22.5 Å². The Balaban J connectivity index is 0. The van der Waals surface area contributed by atoms with Crippen LogP contribution in [-0.2, 0) is 73.8 Å². The van der Waals surface area contributed by atoms with Gasteiger partial charge in [-0.15, -0.1) is 0 Å². The highest BCUT2D eigenvalue weighted by atomic mass is 32.2. The van der Waals surface area contributed by atoms with Crippen LogP contribution in [0.5, 0.6) is 5.75 Å². The molecule has 3 amide bonds. The highest BCUT2D eigenvalue weighted by molar-refractivity contribution is 7.85. The second-order valence-electron chi connectivity index (χ2n) is 23.8. The van der Waals surface area contributed by atoms with E-state index in [0.29, 0.717) is 95.0 Å². The third kappa shape index (κ3) is 47.9. The molecule has 23 nitrogen and oxygen atoms in total. The van der Waals surface area contributed by atoms with Gasteiger partial charge in [0.05, 0.1) is 44.6 Å². The highest BCUT2D eigenvalue weighted by Crippen LogP contribution is 2.27. The second-order valence-corrected chi connectivity index (χ2v) is 25.4. The number of carbonyl (C=O) groups excluding carboxylic acids is 7. The quantitative estimate of drug-likeness (QED) is 0.0127. The van der Waals surface area contributed by atoms with E-state index in [0.717, 1.165) is 51.4 Å². The number of carbonyl (C=O) groups is 8. The summed E-state index contributed by atoms with van der Waals surface area (Å²) in [6.07, 6.45) is 18.4. The number of ketones is 4. The number of nitrogens with two attached hydrogens (primary N) is 2. The summed E-state index contributed by atoms with van der Waals surface area (Å²) >= 11 is 0. The van der Waals surface area contributed by atoms with Gasteiger partial charge in [0.15, 0.2) is 5.78 Å². The topological polar surface area (TPSA) is 380 Å². The normalized spacial score (nSPS) is 12.9. The minimum atomic E-state index is -3.85. The van der Waals surface area contributed by atoms with Crippen LogP contribution in [0.1, 0.15) is 208 Å². The molecule has 0 spiro atoms. The standard InChI is InChI=1S/C65H110N6O17S.2H2/c1-49(2)42-57(74)44-52(59(75)45-53(23-16-17-26-61(66)67)60(76)46-54(64(68)79)43-51-27-29-55(72)30-28-51)24-18-19-33-69-63(78)48-88-40-37-85-35-21-25-56(73)47-87-39-38-86-36-34-70-62(77)32-31-58(65(80)81)71-50(3)22-15-13-11-9-7-5-4-6-8-10-12-14-20-41-89(82,83)84;;/h27-30,49,52-54,58,71-72H,3-26,31-48H2,1-2H3,(H3,66,67)(H2,68,79)(H,69,78)(H,70,77)(H,80,81)(H,82,83,84);2*1H/t52-,53-,54-,58+;;/m1../s1. The van der Waals surface area contributed by atoms with Crippen LogP contribution in [0.4, 0.5) is 0 Å². The van der Waals surface area contributed by atoms with Crippen LogP contribution in [0.2, 0.25) is 0 Å². The van der Waals surface area contributed by atoms with E-state index in [4.69, 9.17) is 40.4 Å². The number of rotatable bonds is 62. The van der Waals surface area contributed by atoms with Crippen molar-refractivity contribution in [2.75, 3.05) is 71.7 Å². The average molecular weight is 1280 g/mol. The fourth-order valence-corrected chi connectivity index (χ4v) is 10.6. The molecule has 24 heteroatoms. The number of primary amides is 1. The summed E-state index contributed by atoms with van der Waals surface area (Å²) in [5, 5.41) is 35.4. The van der Waals surface area contributed by atoms with Gasteiger partial charge in [0.2, 0.25) is 17.7 Å². The molecule has 1 rings (SSSR count). The van der Waals surface area contributed by atoms with Gasteiger partial charge >= 0.3 is 5.97 Å². The Hall–Kier alpha value is -5.66. The Kier molecular flexibility index (Phi) is 46.6. The molecule has 0 unspecified atom stereocenters. The van der Waals surface area contributed by atoms with Crippen LogP contribution in [-0.4, -0.2) is 154 Å². The van der Waals surface area contributed by atoms with Gasteiger partial charge < -0.3 is 56.6 Å². The number of phenols is 1. The Morgan fingerprint density at radius 2 is 1.08 bits per heavy atom. The summed E-state index contributed by atoms with van der Waals surface area (Å²) in [5.41, 5.74) is 12.6. The fourth-order valence-electron chi connectivity index (χ4n) is 10.1. The number of phenolic OH excluding ortho intramolecular Hbond substituents is 1. The van der Waals surface area contributed by atoms with Crippen LogP contribution in [0.15, 0.2) is 36.5 Å². The molecule has 512 valence electrons. The maximum absolute atomic E-state index is 14.0. The molecule has 0 aliphatic rings. The second kappa shape index (κ2) is 51.0. The predicted octanol–water partition coefficient (Wildman–Crippen LogP) is 8.68. The van der Waals surface area contributed by atoms with Crippen molar-refractivity contribution in [3.05, 3.63) is 42.1 Å². The molecule has 89 heavy (non-hydrogen) atoms. The predicted molar refractivity (Wildman–Crippen MR) is 346 cm³/mol. The van der Waals surface area contributed by atoms with E-state index < -0.39 is 45.8 Å². The lowest BCUT2D eigenvalue weighted by atomic mass is 9.81. The number of amides is 3. The van der Waals surface area contributed by atoms with Crippen molar-refractivity contribution in [2.45, 2.75) is 213 Å². The molecule has 0 aromatic heterocycles. The summed E-state index contributed by atoms with van der Waals surface area (Å²) in [6, 6.07) is 5.35. The third-order valence-electron chi connectivity index (χ3n) is 15.1. The number of benzene rings is 1. The summed E-state index contributed by atoms with van der Waals surface area (Å²) in [7, 11) is -3.85. The zero-order valence-corrected chi connectivity index (χ0v) is 54.3. The molecule has 1 aromatic carbocycles. The number of aromatic hydroxyl groups is 1. The Bertz CT molecular complexity index is 2350. The Morgan fingerprint density at radius 3 is 1.65 bits per heavy atom. The van der Waals surface area contributed by atoms with Gasteiger partial charge in [0.1, 0.15) is 42.4 Å². The van der Waals surface area contributed by atoms with Gasteiger partial charge in [-0.25, -0.2) is 4.79 Å². The van der Waals surface area contributed by atoms with Gasteiger partial charge in [-0.1, -0.05) is 116 Å². The molecule has 11 N–H and O–H groups in total. The number of carboxylic acid groups (broad SMARTS) is 1. The third-order valence-corrected chi connectivity index (χ3v) is 15.9. The lowest BCUT2D eigenvalue weighted by molar-refractivity contribution is -0.139. The lowest BCUT2D eigenvalue weighted by Gasteiger charge is -2.22. The van der Waals surface area contributed by atoms with E-state index in [9.17, 15) is 57.0 Å². The fraction of sp³-hybridized carbons (Fsp3) is 0.738. The molecular weight excluding hydrogens is 1170 g/mol. The first-order valence-corrected chi connectivity index (χ1v) is 34.0. The van der Waals surface area contributed by atoms with E-state index in [1.165, 1.54) is 37.8 Å². The van der Waals surface area contributed by atoms with E-state index in [1.807, 2.05) is 13.8 Å². The number of carboxylic acids is 1. The summed E-state index contributed by atoms with van der Waals surface area (Å²) in [6.45, 7) is 9.41. The van der Waals surface area contributed by atoms with Gasteiger partial charge in [-0.05, 0) is 87.8 Å². The molecule has 0 bridgehead atoms. The van der Waals surface area contributed by atoms with Gasteiger partial charge in [-0.3, -0.25) is 43.5 Å². The number of nitrogens with one attached hydrogen (secondary N) is 4. The molecular formula is C65H114N6O17S. The number of amidine groups is 1. The maximum atomic E-state index is 14.0.